The van der Waals surface area contributed by atoms with Crippen molar-refractivity contribution < 1.29 is 9.13 Å². The first-order chi connectivity index (χ1) is 10.3. The van der Waals surface area contributed by atoms with Crippen molar-refractivity contribution in [3.63, 3.8) is 0 Å². The van der Waals surface area contributed by atoms with Gasteiger partial charge >= 0.3 is 0 Å². The molecule has 0 bridgehead atoms. The fourth-order valence-electron chi connectivity index (χ4n) is 2.14. The summed E-state index contributed by atoms with van der Waals surface area (Å²) in [5.41, 5.74) is 2.98. The van der Waals surface area contributed by atoms with Gasteiger partial charge in [-0.3, -0.25) is 0 Å². The molecule has 0 fully saturated rings. The highest BCUT2D eigenvalue weighted by Gasteiger charge is 2.07. The molecule has 0 radical (unpaired) electrons. The Morgan fingerprint density at radius 3 is 2.95 bits per heavy atom. The molecule has 2 aromatic carbocycles. The van der Waals surface area contributed by atoms with Crippen molar-refractivity contribution in [3.05, 3.63) is 53.8 Å². The van der Waals surface area contributed by atoms with Gasteiger partial charge in [0, 0.05) is 12.8 Å². The second-order valence-corrected chi connectivity index (χ2v) is 5.69. The molecule has 0 unspecified atom stereocenters. The molecule has 0 spiro atoms. The summed E-state index contributed by atoms with van der Waals surface area (Å²) in [4.78, 5) is 4.48. The Morgan fingerprint density at radius 2 is 2.10 bits per heavy atom. The second kappa shape index (κ2) is 6.20. The number of nitrogens with one attached hydrogen (secondary N) is 1. The van der Waals surface area contributed by atoms with Gasteiger partial charge in [0.15, 0.2) is 5.13 Å². The molecule has 0 aliphatic rings. The van der Waals surface area contributed by atoms with E-state index in [4.69, 9.17) is 4.74 Å². The first-order valence-corrected chi connectivity index (χ1v) is 7.48. The molecule has 21 heavy (non-hydrogen) atoms. The summed E-state index contributed by atoms with van der Waals surface area (Å²) in [6, 6.07) is 12.7. The molecule has 3 aromatic rings. The maximum absolute atomic E-state index is 13.2. The fraction of sp³-hybridized carbons (Fsp3) is 0.188. The lowest BCUT2D eigenvalue weighted by Gasteiger charge is -2.09. The lowest BCUT2D eigenvalue weighted by atomic mass is 10.1. The Balaban J connectivity index is 1.87. The Kier molecular flexibility index (Phi) is 4.13. The van der Waals surface area contributed by atoms with Gasteiger partial charge in [-0.05, 0) is 36.2 Å². The van der Waals surface area contributed by atoms with Crippen molar-refractivity contribution in [3.8, 4) is 0 Å². The highest BCUT2D eigenvalue weighted by atomic mass is 32.1. The number of anilines is 2. The van der Waals surface area contributed by atoms with E-state index in [0.29, 0.717) is 6.61 Å². The summed E-state index contributed by atoms with van der Waals surface area (Å²) < 4.78 is 19.2. The zero-order valence-electron chi connectivity index (χ0n) is 11.6. The number of benzene rings is 2. The van der Waals surface area contributed by atoms with Gasteiger partial charge in [0.1, 0.15) is 5.82 Å². The Labute approximate surface area is 126 Å². The number of fused-ring (bicyclic) bond motifs is 1. The van der Waals surface area contributed by atoms with Gasteiger partial charge in [0.25, 0.3) is 0 Å². The number of rotatable bonds is 5. The molecule has 0 atom stereocenters. The van der Waals surface area contributed by atoms with E-state index in [0.717, 1.165) is 27.5 Å². The van der Waals surface area contributed by atoms with E-state index in [9.17, 15) is 4.39 Å². The molecule has 108 valence electrons. The Morgan fingerprint density at radius 1 is 1.24 bits per heavy atom. The van der Waals surface area contributed by atoms with E-state index in [1.807, 2.05) is 18.2 Å². The second-order valence-electron chi connectivity index (χ2n) is 4.66. The smallest absolute Gasteiger partial charge is 0.188 e. The van der Waals surface area contributed by atoms with Crippen LogP contribution in [-0.4, -0.2) is 18.7 Å². The first kappa shape index (κ1) is 14.0. The Hall–Kier alpha value is -1.98. The third-order valence-corrected chi connectivity index (χ3v) is 4.12. The number of ether oxygens (including phenoxy) is 1. The van der Waals surface area contributed by atoms with Crippen LogP contribution in [0.2, 0.25) is 0 Å². The van der Waals surface area contributed by atoms with Gasteiger partial charge in [-0.25, -0.2) is 9.37 Å². The summed E-state index contributed by atoms with van der Waals surface area (Å²) in [5, 5.41) is 4.08. The molecule has 0 aliphatic carbocycles. The minimum absolute atomic E-state index is 0.238. The van der Waals surface area contributed by atoms with Gasteiger partial charge in [0.05, 0.1) is 16.8 Å². The number of methoxy groups -OCH3 is 1. The number of para-hydroxylation sites is 1. The van der Waals surface area contributed by atoms with Crippen LogP contribution < -0.4 is 5.32 Å². The predicted molar refractivity (Wildman–Crippen MR) is 84.9 cm³/mol. The molecule has 1 aromatic heterocycles. The molecule has 1 N–H and O–H groups in total. The number of halogens is 1. The van der Waals surface area contributed by atoms with E-state index in [2.05, 4.69) is 16.4 Å². The number of hydrogen-bond acceptors (Lipinski definition) is 4. The predicted octanol–water partition coefficient (Wildman–Crippen LogP) is 4.37. The van der Waals surface area contributed by atoms with Crippen molar-refractivity contribution in [1.29, 1.82) is 0 Å². The molecular weight excluding hydrogens is 287 g/mol. The molecule has 0 aliphatic heterocycles. The summed E-state index contributed by atoms with van der Waals surface area (Å²) in [5.74, 6) is -0.238. The minimum Gasteiger partial charge on any atom is -0.384 e. The summed E-state index contributed by atoms with van der Waals surface area (Å²) >= 11 is 1.45. The Bertz CT molecular complexity index is 757. The zero-order chi connectivity index (χ0) is 14.7. The number of aromatic nitrogens is 1. The number of nitrogens with zero attached hydrogens (tertiary/aromatic N) is 1. The highest BCUT2D eigenvalue weighted by Crippen LogP contribution is 2.30. The van der Waals surface area contributed by atoms with E-state index in [1.54, 1.807) is 13.2 Å². The third-order valence-electron chi connectivity index (χ3n) is 3.18. The lowest BCUT2D eigenvalue weighted by molar-refractivity contribution is 0.202. The van der Waals surface area contributed by atoms with Gasteiger partial charge < -0.3 is 10.1 Å². The maximum atomic E-state index is 13.2. The van der Waals surface area contributed by atoms with Crippen molar-refractivity contribution in [1.82, 2.24) is 4.98 Å². The molecule has 3 nitrogen and oxygen atoms in total. The molecule has 3 rings (SSSR count). The third kappa shape index (κ3) is 3.20. The number of thiazole rings is 1. The lowest BCUT2D eigenvalue weighted by Crippen LogP contribution is -1.99. The maximum Gasteiger partial charge on any atom is 0.188 e. The van der Waals surface area contributed by atoms with Crippen LogP contribution in [0.15, 0.2) is 42.5 Å². The molecule has 0 amide bonds. The van der Waals surface area contributed by atoms with E-state index in [-0.39, 0.29) is 5.82 Å². The summed E-state index contributed by atoms with van der Waals surface area (Å²) in [7, 11) is 1.69. The minimum atomic E-state index is -0.238. The van der Waals surface area contributed by atoms with Crippen LogP contribution in [0.3, 0.4) is 0 Å². The van der Waals surface area contributed by atoms with Gasteiger partial charge in [-0.1, -0.05) is 29.5 Å². The van der Waals surface area contributed by atoms with Gasteiger partial charge in [-0.15, -0.1) is 0 Å². The normalized spacial score (nSPS) is 11.0. The average Bonchev–Trinajstić information content (AvgIpc) is 2.87. The summed E-state index contributed by atoms with van der Waals surface area (Å²) in [6.07, 6.45) is 0.833. The van der Waals surface area contributed by atoms with Crippen molar-refractivity contribution in [2.45, 2.75) is 6.42 Å². The summed E-state index contributed by atoms with van der Waals surface area (Å²) in [6.45, 7) is 0.670. The van der Waals surface area contributed by atoms with Gasteiger partial charge in [0.2, 0.25) is 0 Å². The monoisotopic (exact) mass is 302 g/mol. The largest absolute Gasteiger partial charge is 0.384 e. The average molecular weight is 302 g/mol. The zero-order valence-corrected chi connectivity index (χ0v) is 12.4. The van der Waals surface area contributed by atoms with E-state index >= 15 is 0 Å². The fourth-order valence-corrected chi connectivity index (χ4v) is 3.04. The van der Waals surface area contributed by atoms with Crippen LogP contribution in [0.5, 0.6) is 0 Å². The van der Waals surface area contributed by atoms with Crippen LogP contribution in [0.4, 0.5) is 15.2 Å². The molecule has 0 saturated carbocycles. The van der Waals surface area contributed by atoms with Crippen molar-refractivity contribution in [2.75, 3.05) is 19.0 Å². The van der Waals surface area contributed by atoms with E-state index in [1.165, 1.54) is 29.0 Å². The van der Waals surface area contributed by atoms with Crippen LogP contribution in [-0.2, 0) is 11.2 Å². The molecule has 1 heterocycles. The van der Waals surface area contributed by atoms with Crippen LogP contribution in [0.1, 0.15) is 5.56 Å². The first-order valence-electron chi connectivity index (χ1n) is 6.66. The van der Waals surface area contributed by atoms with Crippen LogP contribution >= 0.6 is 11.3 Å². The van der Waals surface area contributed by atoms with Gasteiger partial charge in [-0.2, -0.15) is 0 Å². The van der Waals surface area contributed by atoms with Crippen molar-refractivity contribution in [2.24, 2.45) is 0 Å². The van der Waals surface area contributed by atoms with Crippen LogP contribution in [0.25, 0.3) is 10.2 Å². The molecular formula is C16H15FN2OS. The standard InChI is InChI=1S/C16H15FN2OS/c1-20-9-8-11-4-2-3-5-13(11)18-16-19-14-7-6-12(17)10-15(14)21-16/h2-7,10H,8-9H2,1H3,(H,18,19). The highest BCUT2D eigenvalue weighted by molar-refractivity contribution is 7.22. The quantitative estimate of drug-likeness (QED) is 0.760. The van der Waals surface area contributed by atoms with Crippen LogP contribution in [0, 0.1) is 5.82 Å². The number of hydrogen-bond donors (Lipinski definition) is 1. The molecule has 5 heteroatoms. The van der Waals surface area contributed by atoms with Crippen molar-refractivity contribution >= 4 is 32.4 Å². The van der Waals surface area contributed by atoms with E-state index < -0.39 is 0 Å². The SMILES string of the molecule is COCCc1ccccc1Nc1nc2ccc(F)cc2s1. The topological polar surface area (TPSA) is 34.1 Å². The molecule has 0 saturated heterocycles.